The molecule has 314 valence electrons. The van der Waals surface area contributed by atoms with Gasteiger partial charge in [0.05, 0.1) is 0 Å². The van der Waals surface area contributed by atoms with Gasteiger partial charge >= 0.3 is 8.60 Å². The van der Waals surface area contributed by atoms with Crippen LogP contribution in [0, 0.1) is 6.92 Å². The smallest absolute Gasteiger partial charge is 0.463 e. The van der Waals surface area contributed by atoms with Crippen molar-refractivity contribution >= 4 is 17.6 Å². The minimum Gasteiger partial charge on any atom is -0.506 e. The van der Waals surface area contributed by atoms with Crippen molar-refractivity contribution in [1.82, 2.24) is 4.98 Å². The van der Waals surface area contributed by atoms with Gasteiger partial charge in [-0.1, -0.05) is 134 Å². The fourth-order valence-electron chi connectivity index (χ4n) is 5.95. The molecule has 0 bridgehead atoms. The average molecular weight is 828 g/mol. The Morgan fingerprint density at radius 1 is 0.552 bits per heavy atom. The van der Waals surface area contributed by atoms with Crippen molar-refractivity contribution in [3.05, 3.63) is 143 Å². The third kappa shape index (κ3) is 17.0. The number of unbranched alkanes of at least 4 members (excludes halogenated alkanes) is 4. The number of rotatable bonds is 23. The Kier molecular flexibility index (Phi) is 24.2. The maximum absolute atomic E-state index is 10.1. The Morgan fingerprint density at radius 3 is 1.55 bits per heavy atom. The molecule has 0 spiro atoms. The van der Waals surface area contributed by atoms with Crippen LogP contribution in [0.4, 0.5) is 0 Å². The maximum atomic E-state index is 10.1. The summed E-state index contributed by atoms with van der Waals surface area (Å²) in [6.07, 6.45) is 14.8. The van der Waals surface area contributed by atoms with Gasteiger partial charge in [-0.25, -0.2) is 0 Å². The molecule has 1 N–H and O–H groups in total. The highest BCUT2D eigenvalue weighted by Gasteiger charge is 2.22. The molecule has 5 aromatic rings. The van der Waals surface area contributed by atoms with Crippen LogP contribution in [-0.2, 0) is 36.8 Å². The SMILES string of the molecule is CC.CCCCc1ccccc1OP(OCc1ncccc1O)Oc1ccccc1CCCC.CCCCc1ccccc1OPOc1cccc(C)c1CCCC. The number of aryl methyl sites for hydroxylation is 4. The molecule has 1 heterocycles. The van der Waals surface area contributed by atoms with Gasteiger partial charge in [0.25, 0.3) is 9.03 Å². The van der Waals surface area contributed by atoms with E-state index in [2.05, 4.69) is 82.1 Å². The highest BCUT2D eigenvalue weighted by molar-refractivity contribution is 7.42. The molecule has 58 heavy (non-hydrogen) atoms. The van der Waals surface area contributed by atoms with E-state index in [1.54, 1.807) is 18.3 Å². The van der Waals surface area contributed by atoms with Gasteiger partial charge in [-0.2, -0.15) is 0 Å². The Hall–Kier alpha value is -4.15. The van der Waals surface area contributed by atoms with Gasteiger partial charge in [0, 0.05) is 6.20 Å². The van der Waals surface area contributed by atoms with Crippen molar-refractivity contribution in [3.63, 3.8) is 0 Å². The molecule has 9 heteroatoms. The molecule has 0 aliphatic rings. The molecule has 0 radical (unpaired) electrons. The third-order valence-corrected chi connectivity index (χ3v) is 10.9. The quantitative estimate of drug-likeness (QED) is 0.0657. The van der Waals surface area contributed by atoms with Gasteiger partial charge in [-0.05, 0) is 123 Å². The molecule has 7 nitrogen and oxygen atoms in total. The topological polar surface area (TPSA) is 79.3 Å². The lowest BCUT2D eigenvalue weighted by Crippen LogP contribution is -2.04. The molecule has 0 fully saturated rings. The van der Waals surface area contributed by atoms with Crippen LogP contribution in [-0.4, -0.2) is 10.1 Å². The molecular weight excluding hydrogens is 760 g/mol. The number of benzene rings is 4. The predicted molar refractivity (Wildman–Crippen MR) is 245 cm³/mol. The van der Waals surface area contributed by atoms with Crippen molar-refractivity contribution in [3.8, 4) is 28.7 Å². The number of nitrogens with zero attached hydrogens (tertiary/aromatic N) is 1. The Labute approximate surface area is 352 Å². The van der Waals surface area contributed by atoms with E-state index in [-0.39, 0.29) is 21.4 Å². The monoisotopic (exact) mass is 827 g/mol. The van der Waals surface area contributed by atoms with E-state index in [0.29, 0.717) is 5.69 Å². The second-order valence-corrected chi connectivity index (χ2v) is 15.4. The molecular formula is C49H67NO6P2. The highest BCUT2D eigenvalue weighted by Crippen LogP contribution is 2.45. The Bertz CT molecular complexity index is 1800. The molecule has 0 aliphatic carbocycles. The lowest BCUT2D eigenvalue weighted by Gasteiger charge is -2.20. The van der Waals surface area contributed by atoms with E-state index in [1.165, 1.54) is 42.4 Å². The minimum atomic E-state index is -1.76. The summed E-state index contributed by atoms with van der Waals surface area (Å²) in [7, 11) is -1.78. The lowest BCUT2D eigenvalue weighted by atomic mass is 10.0. The first-order chi connectivity index (χ1) is 28.5. The van der Waals surface area contributed by atoms with E-state index in [9.17, 15) is 5.11 Å². The summed E-state index contributed by atoms with van der Waals surface area (Å²) in [5.74, 6) is 3.54. The van der Waals surface area contributed by atoms with E-state index < -0.39 is 8.60 Å². The summed E-state index contributed by atoms with van der Waals surface area (Å²) < 4.78 is 30.5. The van der Waals surface area contributed by atoms with Gasteiger partial charge in [-0.15, -0.1) is 0 Å². The van der Waals surface area contributed by atoms with Crippen molar-refractivity contribution in [2.45, 2.75) is 132 Å². The van der Waals surface area contributed by atoms with Gasteiger partial charge in [0.2, 0.25) is 0 Å². The van der Waals surface area contributed by atoms with E-state index in [0.717, 1.165) is 85.5 Å². The molecule has 1 atom stereocenters. The number of aromatic hydroxyl groups is 1. The average Bonchev–Trinajstić information content (AvgIpc) is 3.25. The predicted octanol–water partition coefficient (Wildman–Crippen LogP) is 15.0. The van der Waals surface area contributed by atoms with Gasteiger partial charge in [0.15, 0.2) is 0 Å². The number of aromatic nitrogens is 1. The first-order valence-corrected chi connectivity index (χ1v) is 23.2. The van der Waals surface area contributed by atoms with Crippen LogP contribution in [0.25, 0.3) is 0 Å². The number of hydrogen-bond donors (Lipinski definition) is 1. The largest absolute Gasteiger partial charge is 0.506 e. The summed E-state index contributed by atoms with van der Waals surface area (Å²) in [4.78, 5) is 4.20. The molecule has 1 unspecified atom stereocenters. The maximum Gasteiger partial charge on any atom is 0.463 e. The Morgan fingerprint density at radius 2 is 1.02 bits per heavy atom. The van der Waals surface area contributed by atoms with Crippen molar-refractivity contribution in [1.29, 1.82) is 0 Å². The fraction of sp³-hybridized carbons (Fsp3) is 0.408. The molecule has 4 aromatic carbocycles. The van der Waals surface area contributed by atoms with Crippen LogP contribution in [0.5, 0.6) is 28.7 Å². The first-order valence-electron chi connectivity index (χ1n) is 21.3. The molecule has 0 amide bonds. The zero-order valence-electron chi connectivity index (χ0n) is 36.0. The van der Waals surface area contributed by atoms with Crippen molar-refractivity contribution < 1.29 is 27.7 Å². The molecule has 0 saturated carbocycles. The zero-order valence-corrected chi connectivity index (χ0v) is 37.9. The first kappa shape index (κ1) is 48.2. The minimum absolute atomic E-state index is 0.0136. The van der Waals surface area contributed by atoms with Gasteiger partial charge in [-0.3, -0.25) is 9.51 Å². The number of para-hydroxylation sites is 3. The molecule has 5 rings (SSSR count). The highest BCUT2D eigenvalue weighted by atomic mass is 31.2. The van der Waals surface area contributed by atoms with E-state index >= 15 is 0 Å². The van der Waals surface area contributed by atoms with Crippen LogP contribution in [0.15, 0.2) is 109 Å². The summed E-state index contributed by atoms with van der Waals surface area (Å²) in [5, 5.41) is 10.1. The summed E-state index contributed by atoms with van der Waals surface area (Å²) >= 11 is 0. The Balaban J connectivity index is 0.000000309. The molecule has 0 saturated heterocycles. The van der Waals surface area contributed by atoms with Gasteiger partial charge in [0.1, 0.15) is 41.0 Å². The van der Waals surface area contributed by atoms with Crippen LogP contribution in [0.1, 0.15) is 126 Å². The van der Waals surface area contributed by atoms with Crippen LogP contribution >= 0.6 is 17.6 Å². The van der Waals surface area contributed by atoms with Crippen molar-refractivity contribution in [2.24, 2.45) is 0 Å². The number of pyridine rings is 1. The van der Waals surface area contributed by atoms with Gasteiger partial charge < -0.3 is 23.2 Å². The number of hydrogen-bond acceptors (Lipinski definition) is 7. The summed E-state index contributed by atoms with van der Waals surface area (Å²) in [6.45, 7) is 15.0. The summed E-state index contributed by atoms with van der Waals surface area (Å²) in [6, 6.07) is 33.8. The van der Waals surface area contributed by atoms with Crippen molar-refractivity contribution in [2.75, 3.05) is 0 Å². The van der Waals surface area contributed by atoms with Crippen LogP contribution in [0.2, 0.25) is 0 Å². The zero-order chi connectivity index (χ0) is 41.8. The van der Waals surface area contributed by atoms with Crippen LogP contribution in [0.3, 0.4) is 0 Å². The normalized spacial score (nSPS) is 10.8. The van der Waals surface area contributed by atoms with E-state index in [4.69, 9.17) is 22.6 Å². The fourth-order valence-corrected chi connectivity index (χ4v) is 7.61. The molecule has 0 aliphatic heterocycles. The van der Waals surface area contributed by atoms with Crippen LogP contribution < -0.4 is 18.1 Å². The second-order valence-electron chi connectivity index (χ2n) is 13.7. The van der Waals surface area contributed by atoms with E-state index in [1.807, 2.05) is 62.4 Å². The lowest BCUT2D eigenvalue weighted by molar-refractivity contribution is 0.248. The molecule has 1 aromatic heterocycles. The standard InChI is InChI=1S/C26H32NO4P.C21H29O2P.C2H6/c1-3-5-12-21-14-7-9-17-25(21)30-32(29-20-23-24(28)16-11-19-27-23)31-26-18-10-8-15-22(26)13-6-4-2;1-4-6-12-18-13-8-9-15-20(18)22-24-23-21-16-10-11-17(3)19(21)14-7-5-2;1-2/h7-11,14-19,28H,3-6,12-13,20H2,1-2H3;8-11,13,15-16,24H,4-7,12,14H2,1-3H3;1-2H3. The summed E-state index contributed by atoms with van der Waals surface area (Å²) in [5.41, 5.74) is 6.60. The third-order valence-electron chi connectivity index (χ3n) is 9.29. The second kappa shape index (κ2) is 29.1.